The molecule has 1 aromatic heterocycles. The second-order valence-electron chi connectivity index (χ2n) is 3.93. The lowest BCUT2D eigenvalue weighted by Gasteiger charge is -2.10. The Balaban J connectivity index is 2.23. The predicted octanol–water partition coefficient (Wildman–Crippen LogP) is 2.68. The quantitative estimate of drug-likeness (QED) is 0.889. The molecule has 0 saturated heterocycles. The summed E-state index contributed by atoms with van der Waals surface area (Å²) in [6.45, 7) is 2.51. The van der Waals surface area contributed by atoms with Crippen LogP contribution in [-0.4, -0.2) is 16.5 Å². The Morgan fingerprint density at radius 1 is 1.33 bits per heavy atom. The monoisotopic (exact) mass is 262 g/mol. The molecular formula is C13H15ClN4. The third-order valence-electron chi connectivity index (χ3n) is 2.60. The van der Waals surface area contributed by atoms with E-state index in [2.05, 4.69) is 15.3 Å². The molecule has 0 atom stereocenters. The zero-order chi connectivity index (χ0) is 13.0. The number of hydrogen-bond donors (Lipinski definition) is 2. The largest absolute Gasteiger partial charge is 0.340 e. The van der Waals surface area contributed by atoms with Gasteiger partial charge in [0.15, 0.2) is 0 Å². The lowest BCUT2D eigenvalue weighted by molar-refractivity contribution is 0.869. The number of hydrogen-bond acceptors (Lipinski definition) is 4. The highest BCUT2D eigenvalue weighted by molar-refractivity contribution is 6.31. The fraction of sp³-hybridized carbons (Fsp3) is 0.231. The molecule has 2 aromatic rings. The minimum absolute atomic E-state index is 0.541. The van der Waals surface area contributed by atoms with Crippen molar-refractivity contribution in [1.29, 1.82) is 0 Å². The van der Waals surface area contributed by atoms with E-state index in [0.29, 0.717) is 13.0 Å². The summed E-state index contributed by atoms with van der Waals surface area (Å²) in [5.41, 5.74) is 7.43. The van der Waals surface area contributed by atoms with Gasteiger partial charge in [-0.25, -0.2) is 9.97 Å². The van der Waals surface area contributed by atoms with Crippen molar-refractivity contribution in [2.45, 2.75) is 13.3 Å². The summed E-state index contributed by atoms with van der Waals surface area (Å²) in [7, 11) is 0. The second kappa shape index (κ2) is 5.80. The maximum atomic E-state index is 6.07. The summed E-state index contributed by atoms with van der Waals surface area (Å²) in [6, 6.07) is 7.55. The van der Waals surface area contributed by atoms with Gasteiger partial charge in [-0.2, -0.15) is 0 Å². The topological polar surface area (TPSA) is 63.8 Å². The fourth-order valence-electron chi connectivity index (χ4n) is 1.60. The van der Waals surface area contributed by atoms with Crippen LogP contribution in [0.5, 0.6) is 0 Å². The third-order valence-corrected chi connectivity index (χ3v) is 3.01. The zero-order valence-corrected chi connectivity index (χ0v) is 10.9. The summed E-state index contributed by atoms with van der Waals surface area (Å²) in [4.78, 5) is 8.54. The molecule has 2 rings (SSSR count). The number of nitrogens with one attached hydrogen (secondary N) is 1. The summed E-state index contributed by atoms with van der Waals surface area (Å²) in [6.07, 6.45) is 2.39. The molecule has 3 N–H and O–H groups in total. The molecule has 94 valence electrons. The van der Waals surface area contributed by atoms with Crippen molar-refractivity contribution in [3.05, 3.63) is 46.9 Å². The third kappa shape index (κ3) is 2.97. The first kappa shape index (κ1) is 12.8. The molecule has 0 spiro atoms. The van der Waals surface area contributed by atoms with Crippen LogP contribution in [0.25, 0.3) is 0 Å². The smallest absolute Gasteiger partial charge is 0.134 e. The summed E-state index contributed by atoms with van der Waals surface area (Å²) in [5, 5.41) is 3.97. The van der Waals surface area contributed by atoms with Gasteiger partial charge in [0, 0.05) is 23.3 Å². The molecule has 0 unspecified atom stereocenters. The maximum Gasteiger partial charge on any atom is 0.134 e. The van der Waals surface area contributed by atoms with Crippen LogP contribution in [-0.2, 0) is 6.42 Å². The molecule has 1 heterocycles. The van der Waals surface area contributed by atoms with Crippen molar-refractivity contribution >= 4 is 23.1 Å². The van der Waals surface area contributed by atoms with Crippen LogP contribution in [0.2, 0.25) is 5.02 Å². The minimum atomic E-state index is 0.541. The first-order valence-electron chi connectivity index (χ1n) is 5.75. The van der Waals surface area contributed by atoms with Gasteiger partial charge in [0.25, 0.3) is 0 Å². The highest BCUT2D eigenvalue weighted by Gasteiger charge is 2.04. The summed E-state index contributed by atoms with van der Waals surface area (Å²) in [5.74, 6) is 1.49. The van der Waals surface area contributed by atoms with Gasteiger partial charge in [0.2, 0.25) is 0 Å². The molecule has 0 amide bonds. The highest BCUT2D eigenvalue weighted by atomic mass is 35.5. The van der Waals surface area contributed by atoms with Crippen LogP contribution in [0, 0.1) is 6.92 Å². The van der Waals surface area contributed by atoms with Crippen molar-refractivity contribution in [1.82, 2.24) is 9.97 Å². The van der Waals surface area contributed by atoms with Crippen LogP contribution in [0.3, 0.4) is 0 Å². The average molecular weight is 263 g/mol. The van der Waals surface area contributed by atoms with Gasteiger partial charge in [0.1, 0.15) is 11.6 Å². The standard InChI is InChI=1S/C13H15ClN4/c1-9-10(14)3-2-4-11(9)17-13-6-8-16-12(18-13)5-7-15/h2-4,6,8H,5,7,15H2,1H3,(H,16,17,18). The highest BCUT2D eigenvalue weighted by Crippen LogP contribution is 2.25. The van der Waals surface area contributed by atoms with Crippen LogP contribution < -0.4 is 11.1 Å². The molecule has 0 fully saturated rings. The SMILES string of the molecule is Cc1c(Cl)cccc1Nc1ccnc(CCN)n1. The predicted molar refractivity (Wildman–Crippen MR) is 74.3 cm³/mol. The van der Waals surface area contributed by atoms with Gasteiger partial charge in [0.05, 0.1) is 0 Å². The number of aromatic nitrogens is 2. The Kier molecular flexibility index (Phi) is 4.12. The Morgan fingerprint density at radius 3 is 2.94 bits per heavy atom. The maximum absolute atomic E-state index is 6.07. The molecule has 18 heavy (non-hydrogen) atoms. The van der Waals surface area contributed by atoms with Crippen LogP contribution in [0.1, 0.15) is 11.4 Å². The van der Waals surface area contributed by atoms with Gasteiger partial charge in [-0.05, 0) is 37.2 Å². The second-order valence-corrected chi connectivity index (χ2v) is 4.34. The van der Waals surface area contributed by atoms with Crippen molar-refractivity contribution in [3.63, 3.8) is 0 Å². The molecule has 0 aliphatic carbocycles. The van der Waals surface area contributed by atoms with Gasteiger partial charge >= 0.3 is 0 Å². The number of benzene rings is 1. The summed E-state index contributed by atoms with van der Waals surface area (Å²) >= 11 is 6.07. The van der Waals surface area contributed by atoms with E-state index in [9.17, 15) is 0 Å². The average Bonchev–Trinajstić information content (AvgIpc) is 2.36. The van der Waals surface area contributed by atoms with E-state index < -0.39 is 0 Å². The van der Waals surface area contributed by atoms with Crippen molar-refractivity contribution < 1.29 is 0 Å². The van der Waals surface area contributed by atoms with E-state index >= 15 is 0 Å². The summed E-state index contributed by atoms with van der Waals surface area (Å²) < 4.78 is 0. The van der Waals surface area contributed by atoms with Crippen LogP contribution >= 0.6 is 11.6 Å². The van der Waals surface area contributed by atoms with E-state index in [0.717, 1.165) is 27.9 Å². The number of nitrogens with two attached hydrogens (primary N) is 1. The normalized spacial score (nSPS) is 10.4. The molecule has 1 aromatic carbocycles. The van der Waals surface area contributed by atoms with Crippen LogP contribution in [0.15, 0.2) is 30.5 Å². The number of rotatable bonds is 4. The van der Waals surface area contributed by atoms with Crippen LogP contribution in [0.4, 0.5) is 11.5 Å². The lowest BCUT2D eigenvalue weighted by Crippen LogP contribution is -2.07. The Labute approximate surface area is 111 Å². The van der Waals surface area contributed by atoms with Gasteiger partial charge < -0.3 is 11.1 Å². The number of halogens is 1. The lowest BCUT2D eigenvalue weighted by atomic mass is 10.2. The van der Waals surface area contributed by atoms with E-state index in [-0.39, 0.29) is 0 Å². The van der Waals surface area contributed by atoms with E-state index in [1.807, 2.05) is 31.2 Å². The molecule has 0 aliphatic heterocycles. The van der Waals surface area contributed by atoms with Gasteiger partial charge in [-0.15, -0.1) is 0 Å². The Hall–Kier alpha value is -1.65. The molecular weight excluding hydrogens is 248 g/mol. The number of anilines is 2. The zero-order valence-electron chi connectivity index (χ0n) is 10.2. The minimum Gasteiger partial charge on any atom is -0.340 e. The van der Waals surface area contributed by atoms with Gasteiger partial charge in [-0.3, -0.25) is 0 Å². The Morgan fingerprint density at radius 2 is 2.17 bits per heavy atom. The molecule has 0 aliphatic rings. The molecule has 0 saturated carbocycles. The first-order chi connectivity index (χ1) is 8.70. The van der Waals surface area contributed by atoms with Crippen molar-refractivity contribution in [2.75, 3.05) is 11.9 Å². The molecule has 0 radical (unpaired) electrons. The van der Waals surface area contributed by atoms with Gasteiger partial charge in [-0.1, -0.05) is 17.7 Å². The van der Waals surface area contributed by atoms with Crippen molar-refractivity contribution in [3.8, 4) is 0 Å². The number of nitrogens with zero attached hydrogens (tertiary/aromatic N) is 2. The molecule has 4 nitrogen and oxygen atoms in total. The Bertz CT molecular complexity index is 542. The van der Waals surface area contributed by atoms with E-state index in [1.54, 1.807) is 6.20 Å². The molecule has 0 bridgehead atoms. The van der Waals surface area contributed by atoms with Crippen molar-refractivity contribution in [2.24, 2.45) is 5.73 Å². The van der Waals surface area contributed by atoms with E-state index in [4.69, 9.17) is 17.3 Å². The first-order valence-corrected chi connectivity index (χ1v) is 6.12. The van der Waals surface area contributed by atoms with E-state index in [1.165, 1.54) is 0 Å². The fourth-order valence-corrected chi connectivity index (χ4v) is 1.77. The molecule has 5 heteroatoms.